The predicted octanol–water partition coefficient (Wildman–Crippen LogP) is 2.86. The monoisotopic (exact) mass is 296 g/mol. The quantitative estimate of drug-likeness (QED) is 0.734. The molecule has 2 heterocycles. The van der Waals surface area contributed by atoms with Crippen LogP contribution < -0.4 is 10.1 Å². The highest BCUT2D eigenvalue weighted by atomic mass is 16.5. The lowest BCUT2D eigenvalue weighted by Gasteiger charge is -2.16. The van der Waals surface area contributed by atoms with Gasteiger partial charge in [0.1, 0.15) is 0 Å². The first-order valence-electron chi connectivity index (χ1n) is 7.40. The van der Waals surface area contributed by atoms with E-state index in [0.29, 0.717) is 11.9 Å². The van der Waals surface area contributed by atoms with E-state index in [-0.39, 0.29) is 0 Å². The van der Waals surface area contributed by atoms with Gasteiger partial charge in [-0.15, -0.1) is 5.10 Å². The third-order valence-corrected chi connectivity index (χ3v) is 3.94. The van der Waals surface area contributed by atoms with Crippen LogP contribution in [0.15, 0.2) is 42.7 Å². The fourth-order valence-corrected chi connectivity index (χ4v) is 2.72. The first kappa shape index (κ1) is 14.5. The molecule has 5 nitrogen and oxygen atoms in total. The first-order chi connectivity index (χ1) is 10.8. The average Bonchev–Trinajstić information content (AvgIpc) is 2.98. The molecule has 22 heavy (non-hydrogen) atoms. The van der Waals surface area contributed by atoms with Crippen molar-refractivity contribution in [2.45, 2.75) is 18.9 Å². The van der Waals surface area contributed by atoms with E-state index in [1.807, 2.05) is 19.3 Å². The average molecular weight is 296 g/mol. The first-order valence-corrected chi connectivity index (χ1v) is 7.40. The number of hydrogen-bond acceptors (Lipinski definition) is 4. The van der Waals surface area contributed by atoms with E-state index in [2.05, 4.69) is 44.8 Å². The van der Waals surface area contributed by atoms with Crippen LogP contribution in [0.1, 0.15) is 23.6 Å². The molecule has 0 aliphatic rings. The van der Waals surface area contributed by atoms with Crippen molar-refractivity contribution >= 4 is 10.9 Å². The van der Waals surface area contributed by atoms with Gasteiger partial charge < -0.3 is 10.1 Å². The second-order valence-electron chi connectivity index (χ2n) is 5.28. The van der Waals surface area contributed by atoms with Crippen LogP contribution in [0.4, 0.5) is 0 Å². The van der Waals surface area contributed by atoms with Crippen LogP contribution in [-0.2, 0) is 6.42 Å². The number of rotatable bonds is 6. The molecular weight excluding hydrogens is 276 g/mol. The van der Waals surface area contributed by atoms with Gasteiger partial charge >= 0.3 is 0 Å². The van der Waals surface area contributed by atoms with E-state index < -0.39 is 0 Å². The summed E-state index contributed by atoms with van der Waals surface area (Å²) in [6, 6.07) is 10.7. The summed E-state index contributed by atoms with van der Waals surface area (Å²) >= 11 is 0. The summed E-state index contributed by atoms with van der Waals surface area (Å²) in [6.07, 6.45) is 5.72. The third-order valence-electron chi connectivity index (χ3n) is 3.94. The Hall–Kier alpha value is -2.40. The van der Waals surface area contributed by atoms with Crippen LogP contribution >= 0.6 is 0 Å². The predicted molar refractivity (Wildman–Crippen MR) is 87.0 cm³/mol. The lowest BCUT2D eigenvalue weighted by Crippen LogP contribution is -2.17. The van der Waals surface area contributed by atoms with Gasteiger partial charge in [0, 0.05) is 18.4 Å². The van der Waals surface area contributed by atoms with Gasteiger partial charge in [-0.2, -0.15) is 0 Å². The Morgan fingerprint density at radius 1 is 1.32 bits per heavy atom. The van der Waals surface area contributed by atoms with Crippen LogP contribution in [0, 0.1) is 0 Å². The summed E-state index contributed by atoms with van der Waals surface area (Å²) in [5, 5.41) is 11.5. The molecule has 3 rings (SSSR count). The number of aromatic amines is 1. The molecule has 1 aromatic carbocycles. The summed E-state index contributed by atoms with van der Waals surface area (Å²) in [5.41, 5.74) is 3.51. The molecule has 0 aliphatic heterocycles. The Labute approximate surface area is 129 Å². The van der Waals surface area contributed by atoms with Gasteiger partial charge in [0.25, 0.3) is 0 Å². The molecule has 0 saturated heterocycles. The van der Waals surface area contributed by atoms with Crippen molar-refractivity contribution in [3.63, 3.8) is 0 Å². The zero-order valence-corrected chi connectivity index (χ0v) is 12.8. The van der Waals surface area contributed by atoms with Crippen LogP contribution in [0.3, 0.4) is 0 Å². The molecule has 2 N–H and O–H groups in total. The number of benzene rings is 1. The summed E-state index contributed by atoms with van der Waals surface area (Å²) < 4.78 is 5.22. The lowest BCUT2D eigenvalue weighted by atomic mass is 10.00. The number of aryl methyl sites for hydroxylation is 1. The maximum atomic E-state index is 5.22. The molecule has 0 fully saturated rings. The molecule has 0 amide bonds. The molecule has 0 saturated carbocycles. The number of ether oxygens (including phenoxy) is 1. The number of pyridine rings is 1. The number of nitrogens with zero attached hydrogens (tertiary/aromatic N) is 2. The second kappa shape index (κ2) is 6.58. The molecule has 1 atom stereocenters. The van der Waals surface area contributed by atoms with Crippen LogP contribution in [0.5, 0.6) is 5.88 Å². The molecule has 0 radical (unpaired) electrons. The van der Waals surface area contributed by atoms with Gasteiger partial charge in [0.05, 0.1) is 18.0 Å². The molecule has 0 bridgehead atoms. The Morgan fingerprint density at radius 3 is 2.95 bits per heavy atom. The molecular formula is C17H20N4O. The van der Waals surface area contributed by atoms with E-state index >= 15 is 0 Å². The maximum absolute atomic E-state index is 5.22. The van der Waals surface area contributed by atoms with E-state index in [0.717, 1.165) is 23.7 Å². The van der Waals surface area contributed by atoms with E-state index in [4.69, 9.17) is 4.74 Å². The number of methoxy groups -OCH3 is 1. The van der Waals surface area contributed by atoms with Gasteiger partial charge in [-0.3, -0.25) is 10.1 Å². The smallest absolute Gasteiger partial charge is 0.240 e. The van der Waals surface area contributed by atoms with Crippen LogP contribution in [-0.4, -0.2) is 29.3 Å². The van der Waals surface area contributed by atoms with Crippen molar-refractivity contribution in [3.05, 3.63) is 53.9 Å². The Balaban J connectivity index is 1.73. The molecule has 2 aromatic heterocycles. The summed E-state index contributed by atoms with van der Waals surface area (Å²) in [4.78, 5) is 4.19. The van der Waals surface area contributed by atoms with Crippen molar-refractivity contribution in [3.8, 4) is 5.88 Å². The number of H-pyrrole nitrogens is 1. The minimum absolute atomic E-state index is 0.306. The lowest BCUT2D eigenvalue weighted by molar-refractivity contribution is 0.401. The van der Waals surface area contributed by atoms with Crippen molar-refractivity contribution in [2.24, 2.45) is 0 Å². The Bertz CT molecular complexity index is 739. The van der Waals surface area contributed by atoms with Crippen molar-refractivity contribution in [2.75, 3.05) is 14.2 Å². The van der Waals surface area contributed by atoms with E-state index in [9.17, 15) is 0 Å². The Morgan fingerprint density at radius 2 is 2.23 bits per heavy atom. The third kappa shape index (κ3) is 2.94. The van der Waals surface area contributed by atoms with Gasteiger partial charge in [0.2, 0.25) is 5.88 Å². The number of fused-ring (bicyclic) bond motifs is 1. The number of aromatic nitrogens is 3. The molecule has 1 unspecified atom stereocenters. The topological polar surface area (TPSA) is 62.8 Å². The Kier molecular flexibility index (Phi) is 4.34. The summed E-state index contributed by atoms with van der Waals surface area (Å²) in [7, 11) is 3.62. The SMILES string of the molecule is CNC(CCc1ccc2c(OC)n[nH]c2c1)c1cccnc1. The highest BCUT2D eigenvalue weighted by Crippen LogP contribution is 2.24. The summed E-state index contributed by atoms with van der Waals surface area (Å²) in [6.45, 7) is 0. The molecule has 114 valence electrons. The van der Waals surface area contributed by atoms with Crippen molar-refractivity contribution in [1.29, 1.82) is 0 Å². The fraction of sp³-hybridized carbons (Fsp3) is 0.294. The zero-order chi connectivity index (χ0) is 15.4. The number of hydrogen-bond donors (Lipinski definition) is 2. The van der Waals surface area contributed by atoms with Crippen molar-refractivity contribution in [1.82, 2.24) is 20.5 Å². The fourth-order valence-electron chi connectivity index (χ4n) is 2.72. The largest absolute Gasteiger partial charge is 0.480 e. The van der Waals surface area contributed by atoms with Gasteiger partial charge in [-0.05, 0) is 49.2 Å². The minimum atomic E-state index is 0.306. The summed E-state index contributed by atoms with van der Waals surface area (Å²) in [5.74, 6) is 0.644. The highest BCUT2D eigenvalue weighted by Gasteiger charge is 2.10. The molecule has 0 aliphatic carbocycles. The normalized spacial score (nSPS) is 12.5. The van der Waals surface area contributed by atoms with Gasteiger partial charge in [0.15, 0.2) is 0 Å². The van der Waals surface area contributed by atoms with E-state index in [1.165, 1.54) is 11.1 Å². The van der Waals surface area contributed by atoms with E-state index in [1.54, 1.807) is 13.3 Å². The molecule has 3 aromatic rings. The van der Waals surface area contributed by atoms with Gasteiger partial charge in [-0.1, -0.05) is 12.1 Å². The second-order valence-corrected chi connectivity index (χ2v) is 5.28. The van der Waals surface area contributed by atoms with Crippen LogP contribution in [0.25, 0.3) is 10.9 Å². The van der Waals surface area contributed by atoms with Gasteiger partial charge in [-0.25, -0.2) is 0 Å². The minimum Gasteiger partial charge on any atom is -0.480 e. The highest BCUT2D eigenvalue weighted by molar-refractivity contribution is 5.84. The van der Waals surface area contributed by atoms with Crippen LogP contribution in [0.2, 0.25) is 0 Å². The van der Waals surface area contributed by atoms with Crippen molar-refractivity contribution < 1.29 is 4.74 Å². The maximum Gasteiger partial charge on any atom is 0.240 e. The zero-order valence-electron chi connectivity index (χ0n) is 12.8. The number of nitrogens with one attached hydrogen (secondary N) is 2. The standard InChI is InChI=1S/C17H20N4O/c1-18-15(13-4-3-9-19-11-13)8-6-12-5-7-14-16(10-12)20-21-17(14)22-2/h3-5,7,9-11,15,18H,6,8H2,1-2H3,(H,20,21). The molecule has 5 heteroatoms. The molecule has 0 spiro atoms.